The first-order chi connectivity index (χ1) is 12.4. The molecule has 0 aliphatic carbocycles. The van der Waals surface area contributed by atoms with Crippen molar-refractivity contribution in [2.45, 2.75) is 44.9 Å². The van der Waals surface area contributed by atoms with Crippen LogP contribution in [0.2, 0.25) is 0 Å². The Morgan fingerprint density at radius 3 is 1.85 bits per heavy atom. The highest BCUT2D eigenvalue weighted by atomic mass is 16.3. The molecule has 0 heterocycles. The van der Waals surface area contributed by atoms with E-state index in [9.17, 15) is 15.0 Å². The summed E-state index contributed by atoms with van der Waals surface area (Å²) in [6.45, 7) is 5.00. The van der Waals surface area contributed by atoms with Crippen molar-refractivity contribution in [2.75, 3.05) is 13.6 Å². The molecule has 0 aliphatic heterocycles. The highest BCUT2D eigenvalue weighted by molar-refractivity contribution is 5.76. The van der Waals surface area contributed by atoms with E-state index >= 15 is 0 Å². The second kappa shape index (κ2) is 8.75. The number of hydrogen-bond acceptors (Lipinski definition) is 3. The van der Waals surface area contributed by atoms with Crippen molar-refractivity contribution >= 4 is 5.91 Å². The zero-order chi connectivity index (χ0) is 19.2. The van der Waals surface area contributed by atoms with Gasteiger partial charge in [0.2, 0.25) is 5.91 Å². The molecule has 4 nitrogen and oxygen atoms in total. The highest BCUT2D eigenvalue weighted by Crippen LogP contribution is 2.37. The summed E-state index contributed by atoms with van der Waals surface area (Å²) in [5.74, 6) is 0.580. The first-order valence-electron chi connectivity index (χ1n) is 9.20. The van der Waals surface area contributed by atoms with Crippen LogP contribution >= 0.6 is 0 Å². The van der Waals surface area contributed by atoms with E-state index in [1.54, 1.807) is 29.2 Å². The second-order valence-corrected chi connectivity index (χ2v) is 7.09. The van der Waals surface area contributed by atoms with Gasteiger partial charge >= 0.3 is 0 Å². The summed E-state index contributed by atoms with van der Waals surface area (Å²) >= 11 is 0. The Labute approximate surface area is 156 Å². The molecule has 140 valence electrons. The summed E-state index contributed by atoms with van der Waals surface area (Å²) in [5, 5.41) is 19.2. The second-order valence-electron chi connectivity index (χ2n) is 7.09. The molecule has 0 fully saturated rings. The van der Waals surface area contributed by atoms with E-state index in [0.29, 0.717) is 12.8 Å². The number of unbranched alkanes of at least 4 members (excludes halogenated alkanes) is 1. The van der Waals surface area contributed by atoms with E-state index < -0.39 is 0 Å². The summed E-state index contributed by atoms with van der Waals surface area (Å²) in [5.41, 5.74) is 1.68. The monoisotopic (exact) mass is 355 g/mol. The lowest BCUT2D eigenvalue weighted by atomic mass is 9.73. The highest BCUT2D eigenvalue weighted by Gasteiger charge is 2.30. The molecule has 4 heteroatoms. The van der Waals surface area contributed by atoms with Crippen molar-refractivity contribution in [3.8, 4) is 11.5 Å². The molecule has 0 saturated heterocycles. The minimum Gasteiger partial charge on any atom is -0.508 e. The first-order valence-corrected chi connectivity index (χ1v) is 9.20. The molecule has 0 radical (unpaired) electrons. The van der Waals surface area contributed by atoms with E-state index in [-0.39, 0.29) is 22.8 Å². The Bertz CT molecular complexity index is 662. The Morgan fingerprint density at radius 2 is 1.42 bits per heavy atom. The van der Waals surface area contributed by atoms with E-state index in [4.69, 9.17) is 0 Å². The van der Waals surface area contributed by atoms with Crippen molar-refractivity contribution in [1.29, 1.82) is 0 Å². The van der Waals surface area contributed by atoms with Gasteiger partial charge in [-0.2, -0.15) is 0 Å². The molecular weight excluding hydrogens is 326 g/mol. The minimum atomic E-state index is -0.386. The number of benzene rings is 2. The molecule has 0 spiro atoms. The molecule has 2 N–H and O–H groups in total. The van der Waals surface area contributed by atoms with Gasteiger partial charge in [-0.25, -0.2) is 0 Å². The number of phenolic OH excluding ortho intramolecular Hbond substituents is 2. The van der Waals surface area contributed by atoms with E-state index in [0.717, 1.165) is 30.5 Å². The molecular formula is C22H29NO3. The van der Waals surface area contributed by atoms with Crippen LogP contribution in [0.1, 0.15) is 50.7 Å². The van der Waals surface area contributed by atoms with Crippen LogP contribution in [-0.2, 0) is 10.2 Å². The molecule has 0 bridgehead atoms. The van der Waals surface area contributed by atoms with Crippen LogP contribution in [0, 0.1) is 0 Å². The van der Waals surface area contributed by atoms with Gasteiger partial charge in [0.1, 0.15) is 11.5 Å². The van der Waals surface area contributed by atoms with Gasteiger partial charge in [0.05, 0.1) is 0 Å². The van der Waals surface area contributed by atoms with Crippen LogP contribution in [0.25, 0.3) is 0 Å². The SMILES string of the molecule is CCCCN(C)C(=O)CCC(C)(c1ccc(O)cc1)c1ccc(O)cc1. The van der Waals surface area contributed by atoms with Crippen molar-refractivity contribution in [2.24, 2.45) is 0 Å². The number of carbonyl (C=O) groups excluding carboxylic acids is 1. The zero-order valence-electron chi connectivity index (χ0n) is 15.9. The minimum absolute atomic E-state index is 0.141. The molecule has 0 atom stereocenters. The normalized spacial score (nSPS) is 11.3. The van der Waals surface area contributed by atoms with Gasteiger partial charge in [0.25, 0.3) is 0 Å². The summed E-state index contributed by atoms with van der Waals surface area (Å²) in [4.78, 5) is 14.3. The number of nitrogens with zero attached hydrogens (tertiary/aromatic N) is 1. The average molecular weight is 355 g/mol. The number of aromatic hydroxyl groups is 2. The van der Waals surface area contributed by atoms with Crippen LogP contribution in [0.3, 0.4) is 0 Å². The maximum Gasteiger partial charge on any atom is 0.222 e. The molecule has 2 rings (SSSR count). The van der Waals surface area contributed by atoms with E-state index in [1.165, 1.54) is 0 Å². The van der Waals surface area contributed by atoms with Gasteiger partial charge < -0.3 is 15.1 Å². The van der Waals surface area contributed by atoms with Crippen LogP contribution in [0.4, 0.5) is 0 Å². The Morgan fingerprint density at radius 1 is 0.962 bits per heavy atom. The number of rotatable bonds is 8. The number of amides is 1. The maximum atomic E-state index is 12.5. The fourth-order valence-corrected chi connectivity index (χ4v) is 3.18. The van der Waals surface area contributed by atoms with Gasteiger partial charge in [0.15, 0.2) is 0 Å². The van der Waals surface area contributed by atoms with Crippen LogP contribution < -0.4 is 0 Å². The predicted molar refractivity (Wildman–Crippen MR) is 104 cm³/mol. The molecule has 2 aromatic rings. The lowest BCUT2D eigenvalue weighted by molar-refractivity contribution is -0.130. The fourth-order valence-electron chi connectivity index (χ4n) is 3.18. The molecule has 0 saturated carbocycles. The molecule has 2 aromatic carbocycles. The third-order valence-corrected chi connectivity index (χ3v) is 5.12. The standard InChI is InChI=1S/C22H29NO3/c1-4-5-16-23(3)21(26)14-15-22(2,17-6-10-19(24)11-7-17)18-8-12-20(25)13-9-18/h6-13,24-25H,4-5,14-16H2,1-3H3. The third-order valence-electron chi connectivity index (χ3n) is 5.12. The van der Waals surface area contributed by atoms with Gasteiger partial charge in [-0.3, -0.25) is 4.79 Å². The summed E-state index contributed by atoms with van der Waals surface area (Å²) in [6.07, 6.45) is 3.17. The molecule has 1 amide bonds. The van der Waals surface area contributed by atoms with Crippen LogP contribution in [0.15, 0.2) is 48.5 Å². The topological polar surface area (TPSA) is 60.8 Å². The van der Waals surface area contributed by atoms with Crippen molar-refractivity contribution in [3.63, 3.8) is 0 Å². The largest absolute Gasteiger partial charge is 0.508 e. The van der Waals surface area contributed by atoms with Crippen LogP contribution in [-0.4, -0.2) is 34.6 Å². The lowest BCUT2D eigenvalue weighted by Gasteiger charge is -2.32. The first kappa shape index (κ1) is 19.8. The Hall–Kier alpha value is -2.49. The van der Waals surface area contributed by atoms with Crippen molar-refractivity contribution in [1.82, 2.24) is 4.90 Å². The third kappa shape index (κ3) is 4.78. The Balaban J connectivity index is 2.25. The average Bonchev–Trinajstić information content (AvgIpc) is 2.64. The van der Waals surface area contributed by atoms with Crippen molar-refractivity contribution in [3.05, 3.63) is 59.7 Å². The molecule has 0 unspecified atom stereocenters. The maximum absolute atomic E-state index is 12.5. The number of hydrogen-bond donors (Lipinski definition) is 2. The van der Waals surface area contributed by atoms with Gasteiger partial charge in [-0.1, -0.05) is 44.5 Å². The summed E-state index contributed by atoms with van der Waals surface area (Å²) < 4.78 is 0. The van der Waals surface area contributed by atoms with E-state index in [1.807, 2.05) is 31.3 Å². The van der Waals surface area contributed by atoms with Gasteiger partial charge in [-0.05, 0) is 48.2 Å². The fraction of sp³-hybridized carbons (Fsp3) is 0.409. The van der Waals surface area contributed by atoms with Gasteiger partial charge in [0, 0.05) is 25.4 Å². The summed E-state index contributed by atoms with van der Waals surface area (Å²) in [6, 6.07) is 14.3. The molecule has 26 heavy (non-hydrogen) atoms. The number of phenols is 2. The quantitative estimate of drug-likeness (QED) is 0.736. The zero-order valence-corrected chi connectivity index (χ0v) is 15.9. The predicted octanol–water partition coefficient (Wildman–Crippen LogP) is 4.44. The lowest BCUT2D eigenvalue weighted by Crippen LogP contribution is -2.31. The molecule has 0 aliphatic rings. The summed E-state index contributed by atoms with van der Waals surface area (Å²) in [7, 11) is 1.86. The van der Waals surface area contributed by atoms with E-state index in [2.05, 4.69) is 13.8 Å². The molecule has 0 aromatic heterocycles. The van der Waals surface area contributed by atoms with Crippen LogP contribution in [0.5, 0.6) is 11.5 Å². The smallest absolute Gasteiger partial charge is 0.222 e. The number of carbonyl (C=O) groups is 1. The van der Waals surface area contributed by atoms with Crippen molar-refractivity contribution < 1.29 is 15.0 Å². The van der Waals surface area contributed by atoms with Gasteiger partial charge in [-0.15, -0.1) is 0 Å². The Kier molecular flexibility index (Phi) is 6.67.